The number of methoxy groups -OCH3 is 1. The number of hydrogen-bond donors (Lipinski definition) is 2. The first-order valence-electron chi connectivity index (χ1n) is 8.87. The van der Waals surface area contributed by atoms with Crippen molar-refractivity contribution in [3.05, 3.63) is 65.7 Å². The predicted octanol–water partition coefficient (Wildman–Crippen LogP) is 1.76. The van der Waals surface area contributed by atoms with Crippen LogP contribution in [0.1, 0.15) is 18.1 Å². The van der Waals surface area contributed by atoms with Gasteiger partial charge in [-0.3, -0.25) is 9.59 Å². The first kappa shape index (κ1) is 20.5. The van der Waals surface area contributed by atoms with Crippen molar-refractivity contribution in [1.29, 1.82) is 0 Å². The molecule has 0 unspecified atom stereocenters. The van der Waals surface area contributed by atoms with Crippen LogP contribution in [0.4, 0.5) is 0 Å². The van der Waals surface area contributed by atoms with Crippen LogP contribution in [0, 0.1) is 0 Å². The molecule has 0 aliphatic heterocycles. The summed E-state index contributed by atoms with van der Waals surface area (Å²) in [6.45, 7) is 1.77. The van der Waals surface area contributed by atoms with Gasteiger partial charge in [0.2, 0.25) is 11.8 Å². The van der Waals surface area contributed by atoms with E-state index in [1.807, 2.05) is 54.6 Å². The van der Waals surface area contributed by atoms with Gasteiger partial charge in [-0.25, -0.2) is 0 Å². The molecule has 2 amide bonds. The van der Waals surface area contributed by atoms with Gasteiger partial charge in [-0.2, -0.15) is 0 Å². The number of amides is 2. The summed E-state index contributed by atoms with van der Waals surface area (Å²) in [5.41, 5.74) is 1.86. The Morgan fingerprint density at radius 3 is 2.30 bits per heavy atom. The molecule has 0 aliphatic rings. The average Bonchev–Trinajstić information content (AvgIpc) is 2.69. The van der Waals surface area contributed by atoms with E-state index in [1.165, 1.54) is 6.92 Å². The van der Waals surface area contributed by atoms with Crippen LogP contribution in [0.5, 0.6) is 5.75 Å². The Hall–Kier alpha value is -2.86. The molecule has 144 valence electrons. The second-order valence-electron chi connectivity index (χ2n) is 6.22. The van der Waals surface area contributed by atoms with Gasteiger partial charge in [0.25, 0.3) is 0 Å². The summed E-state index contributed by atoms with van der Waals surface area (Å²) in [5, 5.41) is 11.7. The zero-order valence-corrected chi connectivity index (χ0v) is 15.7. The van der Waals surface area contributed by atoms with Crippen LogP contribution in [0.2, 0.25) is 0 Å². The molecule has 0 bridgehead atoms. The monoisotopic (exact) mass is 370 g/mol. The van der Waals surface area contributed by atoms with Crippen LogP contribution in [0.3, 0.4) is 0 Å². The van der Waals surface area contributed by atoms with E-state index in [9.17, 15) is 9.59 Å². The Bertz CT molecular complexity index is 732. The highest BCUT2D eigenvalue weighted by Gasteiger charge is 2.28. The SMILES string of the molecule is COc1ccc(CN(C(C)=O)[C@@H](Cc2ccccc2)C(=O)NCCO)cc1. The maximum Gasteiger partial charge on any atom is 0.243 e. The molecule has 2 N–H and O–H groups in total. The summed E-state index contributed by atoms with van der Waals surface area (Å²) in [6.07, 6.45) is 0.397. The number of ether oxygens (including phenoxy) is 1. The summed E-state index contributed by atoms with van der Waals surface area (Å²) >= 11 is 0. The van der Waals surface area contributed by atoms with Crippen molar-refractivity contribution < 1.29 is 19.4 Å². The highest BCUT2D eigenvalue weighted by atomic mass is 16.5. The second-order valence-corrected chi connectivity index (χ2v) is 6.22. The number of benzene rings is 2. The molecule has 2 rings (SSSR count). The van der Waals surface area contributed by atoms with Gasteiger partial charge in [0.1, 0.15) is 11.8 Å². The van der Waals surface area contributed by atoms with E-state index in [0.29, 0.717) is 13.0 Å². The lowest BCUT2D eigenvalue weighted by molar-refractivity contribution is -0.139. The summed E-state index contributed by atoms with van der Waals surface area (Å²) in [4.78, 5) is 26.6. The van der Waals surface area contributed by atoms with Gasteiger partial charge in [0, 0.05) is 26.4 Å². The lowest BCUT2D eigenvalue weighted by Crippen LogP contribution is -2.50. The average molecular weight is 370 g/mol. The quantitative estimate of drug-likeness (QED) is 0.705. The van der Waals surface area contributed by atoms with E-state index in [1.54, 1.807) is 12.0 Å². The van der Waals surface area contributed by atoms with Gasteiger partial charge < -0.3 is 20.1 Å². The van der Waals surface area contributed by atoms with Crippen molar-refractivity contribution in [2.75, 3.05) is 20.3 Å². The van der Waals surface area contributed by atoms with Crippen LogP contribution in [-0.4, -0.2) is 48.1 Å². The van der Waals surface area contributed by atoms with E-state index < -0.39 is 6.04 Å². The maximum atomic E-state index is 12.7. The molecular weight excluding hydrogens is 344 g/mol. The van der Waals surface area contributed by atoms with Gasteiger partial charge in [-0.15, -0.1) is 0 Å². The second kappa shape index (κ2) is 10.3. The molecule has 6 nitrogen and oxygen atoms in total. The molecule has 2 aromatic carbocycles. The summed E-state index contributed by atoms with van der Waals surface area (Å²) in [7, 11) is 1.60. The molecular formula is C21H26N2O4. The lowest BCUT2D eigenvalue weighted by atomic mass is 10.0. The molecule has 6 heteroatoms. The van der Waals surface area contributed by atoms with Crippen molar-refractivity contribution in [2.24, 2.45) is 0 Å². The van der Waals surface area contributed by atoms with Crippen LogP contribution in [-0.2, 0) is 22.6 Å². The Morgan fingerprint density at radius 2 is 1.74 bits per heavy atom. The molecule has 0 saturated heterocycles. The molecule has 0 spiro atoms. The van der Waals surface area contributed by atoms with Gasteiger partial charge in [0.05, 0.1) is 13.7 Å². The minimum atomic E-state index is -0.668. The number of nitrogens with one attached hydrogen (secondary N) is 1. The van der Waals surface area contributed by atoms with Crippen LogP contribution >= 0.6 is 0 Å². The van der Waals surface area contributed by atoms with Crippen LogP contribution < -0.4 is 10.1 Å². The van der Waals surface area contributed by atoms with Gasteiger partial charge in [0.15, 0.2) is 0 Å². The predicted molar refractivity (Wildman–Crippen MR) is 103 cm³/mol. The number of carbonyl (C=O) groups is 2. The third-order valence-electron chi connectivity index (χ3n) is 4.28. The Labute approximate surface area is 159 Å². The minimum Gasteiger partial charge on any atom is -0.497 e. The number of aliphatic hydroxyl groups is 1. The van der Waals surface area contributed by atoms with Crippen molar-refractivity contribution in [1.82, 2.24) is 10.2 Å². The van der Waals surface area contributed by atoms with E-state index in [-0.39, 0.29) is 25.0 Å². The van der Waals surface area contributed by atoms with Crippen molar-refractivity contribution >= 4 is 11.8 Å². The van der Waals surface area contributed by atoms with E-state index in [4.69, 9.17) is 9.84 Å². The number of carbonyl (C=O) groups excluding carboxylic acids is 2. The summed E-state index contributed by atoms with van der Waals surface area (Å²) in [5.74, 6) is 0.261. The number of rotatable bonds is 9. The maximum absolute atomic E-state index is 12.7. The minimum absolute atomic E-state index is 0.150. The largest absolute Gasteiger partial charge is 0.497 e. The highest BCUT2D eigenvalue weighted by Crippen LogP contribution is 2.17. The number of hydrogen-bond acceptors (Lipinski definition) is 4. The molecule has 0 fully saturated rings. The van der Waals surface area contributed by atoms with Crippen molar-refractivity contribution in [2.45, 2.75) is 25.9 Å². The molecule has 0 aliphatic carbocycles. The summed E-state index contributed by atoms with van der Waals surface area (Å²) < 4.78 is 5.16. The summed E-state index contributed by atoms with van der Waals surface area (Å²) in [6, 6.07) is 16.3. The van der Waals surface area contributed by atoms with Crippen molar-refractivity contribution in [3.63, 3.8) is 0 Å². The van der Waals surface area contributed by atoms with Crippen LogP contribution in [0.15, 0.2) is 54.6 Å². The third-order valence-corrected chi connectivity index (χ3v) is 4.28. The molecule has 27 heavy (non-hydrogen) atoms. The topological polar surface area (TPSA) is 78.9 Å². The number of aliphatic hydroxyl groups excluding tert-OH is 1. The lowest BCUT2D eigenvalue weighted by Gasteiger charge is -2.30. The highest BCUT2D eigenvalue weighted by molar-refractivity contribution is 5.87. The fraction of sp³-hybridized carbons (Fsp3) is 0.333. The third kappa shape index (κ3) is 6.11. The van der Waals surface area contributed by atoms with E-state index in [0.717, 1.165) is 16.9 Å². The molecule has 2 aromatic rings. The molecule has 0 heterocycles. The fourth-order valence-electron chi connectivity index (χ4n) is 2.85. The van der Waals surface area contributed by atoms with E-state index >= 15 is 0 Å². The first-order chi connectivity index (χ1) is 13.0. The standard InChI is InChI=1S/C21H26N2O4/c1-16(25)23(15-18-8-10-19(27-2)11-9-18)20(21(26)22-12-13-24)14-17-6-4-3-5-7-17/h3-11,20,24H,12-15H2,1-2H3,(H,22,26)/t20-/m0/s1. The zero-order valence-electron chi connectivity index (χ0n) is 15.7. The molecule has 0 radical (unpaired) electrons. The number of nitrogens with zero attached hydrogens (tertiary/aromatic N) is 1. The van der Waals surface area contributed by atoms with E-state index in [2.05, 4.69) is 5.32 Å². The fourth-order valence-corrected chi connectivity index (χ4v) is 2.85. The van der Waals surface area contributed by atoms with Gasteiger partial charge >= 0.3 is 0 Å². The first-order valence-corrected chi connectivity index (χ1v) is 8.87. The Morgan fingerprint density at radius 1 is 1.07 bits per heavy atom. The smallest absolute Gasteiger partial charge is 0.243 e. The van der Waals surface area contributed by atoms with Gasteiger partial charge in [-0.05, 0) is 23.3 Å². The molecule has 1 atom stereocenters. The van der Waals surface area contributed by atoms with Gasteiger partial charge in [-0.1, -0.05) is 42.5 Å². The normalized spacial score (nSPS) is 11.5. The Balaban J connectivity index is 2.25. The van der Waals surface area contributed by atoms with Crippen molar-refractivity contribution in [3.8, 4) is 5.75 Å². The molecule has 0 saturated carbocycles. The molecule has 0 aromatic heterocycles. The Kier molecular flexibility index (Phi) is 7.82. The van der Waals surface area contributed by atoms with Crippen LogP contribution in [0.25, 0.3) is 0 Å². The zero-order chi connectivity index (χ0) is 19.6.